The molecule has 7 heteroatoms. The molecule has 1 amide bonds. The average Bonchev–Trinajstić information content (AvgIpc) is 3.41. The molecule has 3 fully saturated rings. The third kappa shape index (κ3) is 3.69. The third-order valence-corrected chi connectivity index (χ3v) is 5.95. The van der Waals surface area contributed by atoms with Gasteiger partial charge in [-0.1, -0.05) is 0 Å². The molecule has 144 valence electrons. The summed E-state index contributed by atoms with van der Waals surface area (Å²) in [6, 6.07) is 8.27. The number of piperidine rings is 1. The number of carbonyl (C=O) groups excluding carboxylic acids is 1. The molecule has 1 aromatic carbocycles. The number of rotatable bonds is 5. The normalized spacial score (nSPS) is 28.6. The van der Waals surface area contributed by atoms with Crippen LogP contribution in [0.3, 0.4) is 0 Å². The van der Waals surface area contributed by atoms with Crippen LogP contribution in [0.5, 0.6) is 5.75 Å². The van der Waals surface area contributed by atoms with Crippen molar-refractivity contribution in [3.05, 3.63) is 24.3 Å². The zero-order valence-corrected chi connectivity index (χ0v) is 16.2. The summed E-state index contributed by atoms with van der Waals surface area (Å²) >= 11 is 0. The highest BCUT2D eigenvalue weighted by Crippen LogP contribution is 2.38. The van der Waals surface area contributed by atoms with Gasteiger partial charge in [-0.25, -0.2) is 5.43 Å². The highest BCUT2D eigenvalue weighted by molar-refractivity contribution is 5.98. The maximum atomic E-state index is 13.5. The van der Waals surface area contributed by atoms with Crippen molar-refractivity contribution in [1.29, 1.82) is 0 Å². The van der Waals surface area contributed by atoms with Crippen LogP contribution in [0, 0.1) is 11.8 Å². The fourth-order valence-electron chi connectivity index (χ4n) is 4.21. The number of halogens is 1. The van der Waals surface area contributed by atoms with Crippen LogP contribution in [0.15, 0.2) is 24.3 Å². The smallest absolute Gasteiger partial charge is 0.246 e. The monoisotopic (exact) mass is 380 g/mol. The zero-order chi connectivity index (χ0) is 17.4. The molecule has 3 N–H and O–H groups in total. The van der Waals surface area contributed by atoms with E-state index in [1.807, 2.05) is 29.2 Å². The Kier molecular flexibility index (Phi) is 6.07. The highest BCUT2D eigenvalue weighted by atomic mass is 35.5. The molecule has 4 rings (SSSR count). The molecule has 1 saturated carbocycles. The Morgan fingerprint density at radius 3 is 2.58 bits per heavy atom. The number of fused-ring (bicyclic) bond motifs is 1. The van der Waals surface area contributed by atoms with Crippen molar-refractivity contribution in [2.75, 3.05) is 25.1 Å². The Morgan fingerprint density at radius 2 is 1.92 bits per heavy atom. The largest absolute Gasteiger partial charge is 0.497 e. The van der Waals surface area contributed by atoms with Crippen molar-refractivity contribution in [2.45, 2.75) is 44.3 Å². The Morgan fingerprint density at radius 1 is 1.19 bits per heavy atom. The van der Waals surface area contributed by atoms with Gasteiger partial charge in [0.1, 0.15) is 11.8 Å². The van der Waals surface area contributed by atoms with E-state index in [-0.39, 0.29) is 30.4 Å². The molecule has 1 aromatic rings. The molecular weight excluding hydrogens is 352 g/mol. The summed E-state index contributed by atoms with van der Waals surface area (Å²) in [5, 5.41) is 3.43. The summed E-state index contributed by atoms with van der Waals surface area (Å²) < 4.78 is 5.27. The molecule has 0 radical (unpaired) electrons. The minimum absolute atomic E-state index is 0. The second-order valence-corrected chi connectivity index (χ2v) is 7.51. The molecule has 3 aliphatic rings. The molecule has 6 nitrogen and oxygen atoms in total. The van der Waals surface area contributed by atoms with E-state index >= 15 is 0 Å². The Hall–Kier alpha value is -1.34. The first-order chi connectivity index (χ1) is 12.2. The number of hydrazine groups is 1. The number of carbonyl (C=O) groups is 1. The van der Waals surface area contributed by atoms with Crippen molar-refractivity contribution in [1.82, 2.24) is 16.2 Å². The first-order valence-electron chi connectivity index (χ1n) is 9.38. The van der Waals surface area contributed by atoms with Gasteiger partial charge in [0.2, 0.25) is 5.91 Å². The molecule has 0 spiro atoms. The first-order valence-corrected chi connectivity index (χ1v) is 9.38. The van der Waals surface area contributed by atoms with Crippen LogP contribution in [0.4, 0.5) is 5.69 Å². The maximum Gasteiger partial charge on any atom is 0.246 e. The molecule has 2 aliphatic heterocycles. The molecule has 1 aliphatic carbocycles. The van der Waals surface area contributed by atoms with Gasteiger partial charge in [-0.15, -0.1) is 12.4 Å². The lowest BCUT2D eigenvalue weighted by atomic mass is 9.88. The van der Waals surface area contributed by atoms with Crippen LogP contribution >= 0.6 is 12.4 Å². The van der Waals surface area contributed by atoms with Gasteiger partial charge in [0.15, 0.2) is 0 Å². The van der Waals surface area contributed by atoms with Crippen LogP contribution in [-0.4, -0.2) is 44.2 Å². The van der Waals surface area contributed by atoms with Gasteiger partial charge in [-0.05, 0) is 62.9 Å². The second kappa shape index (κ2) is 8.13. The summed E-state index contributed by atoms with van der Waals surface area (Å²) in [6.07, 6.45) is 3.48. The van der Waals surface area contributed by atoms with Gasteiger partial charge >= 0.3 is 0 Å². The van der Waals surface area contributed by atoms with Crippen molar-refractivity contribution in [2.24, 2.45) is 11.8 Å². The highest BCUT2D eigenvalue weighted by Gasteiger charge is 2.45. The van der Waals surface area contributed by atoms with Crippen LogP contribution in [0.25, 0.3) is 0 Å². The first kappa shape index (κ1) is 19.4. The lowest BCUT2D eigenvalue weighted by Crippen LogP contribution is -2.53. The number of nitrogens with one attached hydrogen (secondary N) is 3. The van der Waals surface area contributed by atoms with Crippen molar-refractivity contribution >= 4 is 24.0 Å². The standard InChI is InChI=1S/C19H28N4O2.ClH/c1-12(13-3-4-13)23(14-5-7-15(25-2)8-6-14)19(24)18-16-11-20-10-9-17(16)21-22-18;/h5-8,12-13,16-18,20-22H,3-4,9-11H2,1-2H3;1H. The predicted molar refractivity (Wildman–Crippen MR) is 105 cm³/mol. The van der Waals surface area contributed by atoms with E-state index in [0.717, 1.165) is 30.9 Å². The summed E-state index contributed by atoms with van der Waals surface area (Å²) in [4.78, 5) is 15.5. The number of hydrogen-bond donors (Lipinski definition) is 3. The van der Waals surface area contributed by atoms with E-state index in [9.17, 15) is 4.79 Å². The van der Waals surface area contributed by atoms with E-state index in [2.05, 4.69) is 23.1 Å². The van der Waals surface area contributed by atoms with E-state index in [0.29, 0.717) is 17.9 Å². The van der Waals surface area contributed by atoms with Crippen LogP contribution in [-0.2, 0) is 4.79 Å². The number of amides is 1. The van der Waals surface area contributed by atoms with Gasteiger partial charge in [-0.2, -0.15) is 0 Å². The van der Waals surface area contributed by atoms with E-state index < -0.39 is 0 Å². The number of ether oxygens (including phenoxy) is 1. The summed E-state index contributed by atoms with van der Waals surface area (Å²) in [5.74, 6) is 1.90. The van der Waals surface area contributed by atoms with Crippen molar-refractivity contribution < 1.29 is 9.53 Å². The lowest BCUT2D eigenvalue weighted by molar-refractivity contribution is -0.121. The average molecular weight is 381 g/mol. The van der Waals surface area contributed by atoms with Gasteiger partial charge in [0, 0.05) is 30.2 Å². The van der Waals surface area contributed by atoms with Gasteiger partial charge < -0.3 is 15.0 Å². The van der Waals surface area contributed by atoms with Crippen LogP contribution in [0.2, 0.25) is 0 Å². The maximum absolute atomic E-state index is 13.5. The molecule has 2 saturated heterocycles. The summed E-state index contributed by atoms with van der Waals surface area (Å²) in [6.45, 7) is 4.07. The Bertz CT molecular complexity index is 622. The Labute approximate surface area is 161 Å². The SMILES string of the molecule is COc1ccc(N(C(=O)C2NNC3CCNCC32)C(C)C2CC2)cc1.Cl. The van der Waals surface area contributed by atoms with Crippen LogP contribution < -0.4 is 25.8 Å². The quantitative estimate of drug-likeness (QED) is 0.725. The molecule has 4 unspecified atom stereocenters. The number of benzene rings is 1. The number of methoxy groups -OCH3 is 1. The minimum atomic E-state index is -0.180. The zero-order valence-electron chi connectivity index (χ0n) is 15.4. The topological polar surface area (TPSA) is 65.6 Å². The van der Waals surface area contributed by atoms with Gasteiger partial charge in [0.25, 0.3) is 0 Å². The molecule has 0 aromatic heterocycles. The predicted octanol–water partition coefficient (Wildman–Crippen LogP) is 1.70. The van der Waals surface area contributed by atoms with Gasteiger partial charge in [0.05, 0.1) is 7.11 Å². The molecule has 26 heavy (non-hydrogen) atoms. The van der Waals surface area contributed by atoms with Crippen molar-refractivity contribution in [3.8, 4) is 5.75 Å². The van der Waals surface area contributed by atoms with E-state index in [1.165, 1.54) is 12.8 Å². The molecular formula is C19H29ClN4O2. The van der Waals surface area contributed by atoms with Crippen molar-refractivity contribution in [3.63, 3.8) is 0 Å². The number of anilines is 1. The van der Waals surface area contributed by atoms with Crippen LogP contribution in [0.1, 0.15) is 26.2 Å². The molecule has 4 atom stereocenters. The van der Waals surface area contributed by atoms with E-state index in [4.69, 9.17) is 4.74 Å². The fourth-order valence-corrected chi connectivity index (χ4v) is 4.21. The Balaban J connectivity index is 0.00000196. The van der Waals surface area contributed by atoms with E-state index in [1.54, 1.807) is 7.11 Å². The lowest BCUT2D eigenvalue weighted by Gasteiger charge is -2.34. The molecule has 2 heterocycles. The second-order valence-electron chi connectivity index (χ2n) is 7.51. The number of hydrogen-bond acceptors (Lipinski definition) is 5. The summed E-state index contributed by atoms with van der Waals surface area (Å²) in [5.41, 5.74) is 7.58. The fraction of sp³-hybridized carbons (Fsp3) is 0.632. The minimum Gasteiger partial charge on any atom is -0.497 e. The molecule has 0 bridgehead atoms. The third-order valence-electron chi connectivity index (χ3n) is 5.95. The van der Waals surface area contributed by atoms with Gasteiger partial charge in [-0.3, -0.25) is 10.2 Å². The summed E-state index contributed by atoms with van der Waals surface area (Å²) in [7, 11) is 1.66. The number of nitrogens with zero attached hydrogens (tertiary/aromatic N) is 1.